The second kappa shape index (κ2) is 6.67. The van der Waals surface area contributed by atoms with E-state index in [0.29, 0.717) is 44.6 Å². The van der Waals surface area contributed by atoms with Crippen LogP contribution >= 0.6 is 0 Å². The molecule has 0 aromatic rings. The number of fused-ring (bicyclic) bond motifs is 5. The van der Waals surface area contributed by atoms with Crippen LogP contribution in [0.1, 0.15) is 72.1 Å². The first-order valence-electron chi connectivity index (χ1n) is 14.0. The molecule has 14 atom stereocenters. The highest BCUT2D eigenvalue weighted by molar-refractivity contribution is 5.37. The number of rotatable bonds is 0. The largest absolute Gasteiger partial charge is 0.390 e. The molecule has 7 aliphatic rings. The minimum atomic E-state index is -2.02. The molecule has 0 aromatic heterocycles. The van der Waals surface area contributed by atoms with Crippen molar-refractivity contribution in [2.45, 2.75) is 124 Å². The van der Waals surface area contributed by atoms with E-state index >= 15 is 0 Å². The first kappa shape index (κ1) is 24.7. The van der Waals surface area contributed by atoms with Gasteiger partial charge in [0, 0.05) is 55.1 Å². The average molecular weight is 510 g/mol. The summed E-state index contributed by atoms with van der Waals surface area (Å²) in [6, 6.07) is -0.360. The van der Waals surface area contributed by atoms with Crippen LogP contribution in [0, 0.1) is 29.1 Å². The summed E-state index contributed by atoms with van der Waals surface area (Å²) in [5.41, 5.74) is -9.07. The summed E-state index contributed by atoms with van der Waals surface area (Å²) in [4.78, 5) is 2.12. The Morgan fingerprint density at radius 2 is 1.47 bits per heavy atom. The first-order valence-corrected chi connectivity index (χ1v) is 14.0. The Kier molecular flexibility index (Phi) is 4.57. The molecule has 204 valence electrons. The zero-order valence-electron chi connectivity index (χ0n) is 21.6. The quantitative estimate of drug-likeness (QED) is 0.228. The number of piperidine rings is 2. The van der Waals surface area contributed by atoms with Gasteiger partial charge in [0.2, 0.25) is 0 Å². The molecule has 0 radical (unpaired) electrons. The van der Waals surface area contributed by atoms with Crippen molar-refractivity contribution in [3.05, 3.63) is 0 Å². The zero-order chi connectivity index (χ0) is 25.9. The lowest BCUT2D eigenvalue weighted by atomic mass is 9.49. The summed E-state index contributed by atoms with van der Waals surface area (Å²) >= 11 is 0. The second-order valence-electron chi connectivity index (χ2n) is 14.3. The third kappa shape index (κ3) is 2.27. The van der Waals surface area contributed by atoms with Gasteiger partial charge < -0.3 is 40.5 Å². The first-order chi connectivity index (χ1) is 16.6. The smallest absolute Gasteiger partial charge is 0.196 e. The van der Waals surface area contributed by atoms with E-state index in [-0.39, 0.29) is 31.3 Å². The molecule has 3 saturated heterocycles. The van der Waals surface area contributed by atoms with Crippen molar-refractivity contribution >= 4 is 0 Å². The number of hydrogen-bond acceptors (Lipinski definition) is 9. The van der Waals surface area contributed by atoms with Crippen molar-refractivity contribution in [1.82, 2.24) is 4.90 Å². The molecule has 3 aliphatic heterocycles. The second-order valence-corrected chi connectivity index (χ2v) is 14.3. The van der Waals surface area contributed by atoms with Crippen molar-refractivity contribution in [2.75, 3.05) is 13.1 Å². The predicted molar refractivity (Wildman–Crippen MR) is 126 cm³/mol. The van der Waals surface area contributed by atoms with Gasteiger partial charge >= 0.3 is 0 Å². The third-order valence-corrected chi connectivity index (χ3v) is 13.1. The van der Waals surface area contributed by atoms with Crippen molar-refractivity contribution in [1.29, 1.82) is 0 Å². The summed E-state index contributed by atoms with van der Waals surface area (Å²) < 4.78 is 6.52. The SMILES string of the molecule is C[C@@H]1CC[C@H]2N(C1)C[C@@H]1[C@@](O)([C@H](O)C[C@]3(O)[C@@H]4CC[C@H]5[C@]6(O)O[C@]4(C[C@]13O)[C@]5(C)CC[C@H]6O)[C@]2(C)O. The van der Waals surface area contributed by atoms with Crippen LogP contribution in [0.5, 0.6) is 0 Å². The molecule has 7 fully saturated rings. The minimum Gasteiger partial charge on any atom is -0.390 e. The lowest BCUT2D eigenvalue weighted by Crippen LogP contribution is -2.85. The molecule has 36 heavy (non-hydrogen) atoms. The Balaban J connectivity index is 1.39. The Morgan fingerprint density at radius 3 is 2.19 bits per heavy atom. The molecular formula is C27H43NO8. The summed E-state index contributed by atoms with van der Waals surface area (Å²) in [5.74, 6) is -3.30. The summed E-state index contributed by atoms with van der Waals surface area (Å²) in [7, 11) is 0. The van der Waals surface area contributed by atoms with Gasteiger partial charge in [0.1, 0.15) is 28.5 Å². The van der Waals surface area contributed by atoms with E-state index in [2.05, 4.69) is 11.8 Å². The number of ether oxygens (including phenoxy) is 1. The normalized spacial score (nSPS) is 68.0. The fourth-order valence-corrected chi connectivity index (χ4v) is 11.3. The Morgan fingerprint density at radius 1 is 0.778 bits per heavy atom. The molecular weight excluding hydrogens is 466 g/mol. The molecule has 1 spiro atoms. The molecule has 0 unspecified atom stereocenters. The van der Waals surface area contributed by atoms with E-state index in [9.17, 15) is 35.7 Å². The van der Waals surface area contributed by atoms with Crippen LogP contribution in [0.3, 0.4) is 0 Å². The highest BCUT2D eigenvalue weighted by Crippen LogP contribution is 2.78. The molecule has 4 bridgehead atoms. The lowest BCUT2D eigenvalue weighted by Gasteiger charge is -2.68. The van der Waals surface area contributed by atoms with Crippen molar-refractivity contribution in [3.63, 3.8) is 0 Å². The molecule has 4 saturated carbocycles. The molecule has 0 amide bonds. The van der Waals surface area contributed by atoms with Crippen molar-refractivity contribution < 1.29 is 40.5 Å². The number of aliphatic hydroxyl groups excluding tert-OH is 2. The van der Waals surface area contributed by atoms with Gasteiger partial charge in [-0.2, -0.15) is 0 Å². The van der Waals surface area contributed by atoms with Crippen LogP contribution in [0.25, 0.3) is 0 Å². The molecule has 7 rings (SSSR count). The molecule has 9 nitrogen and oxygen atoms in total. The van der Waals surface area contributed by atoms with Crippen LogP contribution in [-0.4, -0.2) is 106 Å². The maximum atomic E-state index is 12.7. The highest BCUT2D eigenvalue weighted by atomic mass is 16.7. The fraction of sp³-hybridized carbons (Fsp3) is 1.00. The van der Waals surface area contributed by atoms with Crippen LogP contribution < -0.4 is 0 Å². The maximum absolute atomic E-state index is 12.7. The summed E-state index contributed by atoms with van der Waals surface area (Å²) in [5, 5.41) is 83.2. The fourth-order valence-electron chi connectivity index (χ4n) is 11.3. The van der Waals surface area contributed by atoms with E-state index in [1.54, 1.807) is 6.92 Å². The van der Waals surface area contributed by atoms with Crippen LogP contribution in [-0.2, 0) is 4.74 Å². The highest BCUT2D eigenvalue weighted by Gasteiger charge is 2.88. The molecule has 9 heteroatoms. The van der Waals surface area contributed by atoms with Gasteiger partial charge in [0.25, 0.3) is 0 Å². The number of nitrogens with zero attached hydrogens (tertiary/aromatic N) is 1. The average Bonchev–Trinajstić information content (AvgIpc) is 2.97. The summed E-state index contributed by atoms with van der Waals surface area (Å²) in [6.45, 7) is 6.70. The predicted octanol–water partition coefficient (Wildman–Crippen LogP) is -0.526. The van der Waals surface area contributed by atoms with E-state index in [1.807, 2.05) is 6.92 Å². The van der Waals surface area contributed by atoms with Gasteiger partial charge in [-0.1, -0.05) is 13.8 Å². The Labute approximate surface area is 212 Å². The minimum absolute atomic E-state index is 0.0208. The number of hydrogen-bond donors (Lipinski definition) is 7. The summed E-state index contributed by atoms with van der Waals surface area (Å²) in [6.07, 6.45) is 0.752. The monoisotopic (exact) mass is 509 g/mol. The molecule has 7 N–H and O–H groups in total. The van der Waals surface area contributed by atoms with E-state index in [1.165, 1.54) is 0 Å². The Bertz CT molecular complexity index is 995. The van der Waals surface area contributed by atoms with E-state index in [0.717, 1.165) is 6.42 Å². The van der Waals surface area contributed by atoms with Crippen LogP contribution in [0.15, 0.2) is 0 Å². The van der Waals surface area contributed by atoms with Gasteiger partial charge in [-0.25, -0.2) is 0 Å². The van der Waals surface area contributed by atoms with E-state index < -0.39 is 63.3 Å². The van der Waals surface area contributed by atoms with Crippen molar-refractivity contribution in [3.8, 4) is 0 Å². The van der Waals surface area contributed by atoms with Crippen molar-refractivity contribution in [2.24, 2.45) is 29.1 Å². The molecule has 0 aromatic carbocycles. The molecule has 3 heterocycles. The lowest BCUT2D eigenvalue weighted by molar-refractivity contribution is -0.354. The standard InChI is InChI=1S/C27H43NO8/c1-14-4-7-18-22(3,31)26(34)17(12-28(18)11-14)24(33)13-25-16(23(24,32)10-20(26)30)6-5-15-21(25,2)9-8-19(29)27(15,35)36-25/h14-20,29-35H,4-13H2,1-3H3/t14-,15-,16+,17+,18-,19-,20-,21-,22-,23+,24+,25+,26-,27+/m1/s1. The van der Waals surface area contributed by atoms with E-state index in [4.69, 9.17) is 4.74 Å². The van der Waals surface area contributed by atoms with Gasteiger partial charge in [-0.15, -0.1) is 0 Å². The van der Waals surface area contributed by atoms with Gasteiger partial charge in [0.15, 0.2) is 5.79 Å². The third-order valence-electron chi connectivity index (χ3n) is 13.1. The van der Waals surface area contributed by atoms with Gasteiger partial charge in [-0.3, -0.25) is 4.90 Å². The number of aliphatic hydroxyl groups is 7. The topological polar surface area (TPSA) is 154 Å². The van der Waals surface area contributed by atoms with Crippen LogP contribution in [0.2, 0.25) is 0 Å². The van der Waals surface area contributed by atoms with Crippen LogP contribution in [0.4, 0.5) is 0 Å². The zero-order valence-corrected chi connectivity index (χ0v) is 21.6. The van der Waals surface area contributed by atoms with Gasteiger partial charge in [-0.05, 0) is 51.4 Å². The Hall–Kier alpha value is -0.360. The maximum Gasteiger partial charge on any atom is 0.196 e. The van der Waals surface area contributed by atoms with Gasteiger partial charge in [0.05, 0.1) is 11.7 Å². The molecule has 4 aliphatic carbocycles.